The van der Waals surface area contributed by atoms with E-state index < -0.39 is 0 Å². The van der Waals surface area contributed by atoms with E-state index in [4.69, 9.17) is 23.2 Å². The molecule has 0 bridgehead atoms. The maximum atomic E-state index is 14.0. The van der Waals surface area contributed by atoms with Gasteiger partial charge >= 0.3 is 6.03 Å². The van der Waals surface area contributed by atoms with Crippen molar-refractivity contribution in [3.8, 4) is 0 Å². The summed E-state index contributed by atoms with van der Waals surface area (Å²) in [5.74, 6) is -0.339. The molecule has 2 heterocycles. The van der Waals surface area contributed by atoms with Gasteiger partial charge in [0.15, 0.2) is 4.47 Å². The molecule has 6 nitrogen and oxygen atoms in total. The van der Waals surface area contributed by atoms with Crippen LogP contribution in [0.4, 0.5) is 20.6 Å². The fourth-order valence-electron chi connectivity index (χ4n) is 3.65. The molecule has 1 aliphatic rings. The van der Waals surface area contributed by atoms with Crippen LogP contribution in [0.15, 0.2) is 54.7 Å². The van der Waals surface area contributed by atoms with Crippen molar-refractivity contribution < 1.29 is 9.18 Å². The molecule has 4 rings (SSSR count). The van der Waals surface area contributed by atoms with Gasteiger partial charge in [0.05, 0.1) is 17.9 Å². The molecule has 34 heavy (non-hydrogen) atoms. The summed E-state index contributed by atoms with van der Waals surface area (Å²) in [4.78, 5) is 21.7. The second-order valence-corrected chi connectivity index (χ2v) is 9.92. The number of urea groups is 1. The van der Waals surface area contributed by atoms with Gasteiger partial charge in [-0.3, -0.25) is 4.90 Å². The third kappa shape index (κ3) is 6.93. The Morgan fingerprint density at radius 3 is 2.59 bits per heavy atom. The standard InChI is InChI=1S/C24H24Cl2FN5OS/c25-18-5-3-17(4-6-18)2-1-9-31-10-12-32(13-11-31)22-14-19(27)7-8-21(22)30-24(33)29-16-20-15-28-23(26)34-20/h1-8,14-15H,9-13,16H2,(H2,29,30,33). The van der Waals surface area contributed by atoms with E-state index in [0.29, 0.717) is 22.4 Å². The van der Waals surface area contributed by atoms with Crippen LogP contribution in [-0.2, 0) is 6.54 Å². The van der Waals surface area contributed by atoms with Crippen molar-refractivity contribution in [2.75, 3.05) is 42.9 Å². The average Bonchev–Trinajstić information content (AvgIpc) is 3.26. The summed E-state index contributed by atoms with van der Waals surface area (Å²) < 4.78 is 14.5. The molecule has 2 amide bonds. The Kier molecular flexibility index (Phi) is 8.39. The third-order valence-corrected chi connectivity index (χ3v) is 6.78. The molecule has 178 valence electrons. The summed E-state index contributed by atoms with van der Waals surface area (Å²) in [5, 5.41) is 6.34. The number of thiazole rings is 1. The van der Waals surface area contributed by atoms with E-state index in [9.17, 15) is 9.18 Å². The Morgan fingerprint density at radius 2 is 1.88 bits per heavy atom. The number of nitrogens with one attached hydrogen (secondary N) is 2. The molecule has 2 aromatic carbocycles. The summed E-state index contributed by atoms with van der Waals surface area (Å²) >= 11 is 13.1. The lowest BCUT2D eigenvalue weighted by molar-refractivity contribution is 0.252. The molecule has 1 aliphatic heterocycles. The average molecular weight is 520 g/mol. The molecule has 1 aromatic heterocycles. The molecule has 0 radical (unpaired) electrons. The minimum Gasteiger partial charge on any atom is -0.367 e. The number of benzene rings is 2. The Balaban J connectivity index is 1.31. The normalized spacial score (nSPS) is 14.5. The van der Waals surface area contributed by atoms with Crippen molar-refractivity contribution in [1.82, 2.24) is 15.2 Å². The van der Waals surface area contributed by atoms with Crippen molar-refractivity contribution >= 4 is 58.0 Å². The highest BCUT2D eigenvalue weighted by Gasteiger charge is 2.20. The van der Waals surface area contributed by atoms with E-state index in [0.717, 1.165) is 48.2 Å². The molecule has 3 aromatic rings. The molecular weight excluding hydrogens is 496 g/mol. The second kappa shape index (κ2) is 11.7. The predicted octanol–water partition coefficient (Wildman–Crippen LogP) is 5.75. The smallest absolute Gasteiger partial charge is 0.319 e. The number of aromatic nitrogens is 1. The van der Waals surface area contributed by atoms with Crippen LogP contribution in [0.2, 0.25) is 9.49 Å². The minimum absolute atomic E-state index is 0.314. The van der Waals surface area contributed by atoms with Crippen LogP contribution in [0.1, 0.15) is 10.4 Å². The maximum absolute atomic E-state index is 14.0. The summed E-state index contributed by atoms with van der Waals surface area (Å²) in [6.07, 6.45) is 5.84. The maximum Gasteiger partial charge on any atom is 0.319 e. The highest BCUT2D eigenvalue weighted by Crippen LogP contribution is 2.28. The van der Waals surface area contributed by atoms with Crippen LogP contribution in [0.25, 0.3) is 6.08 Å². The first-order chi connectivity index (χ1) is 16.5. The van der Waals surface area contributed by atoms with Crippen molar-refractivity contribution in [2.24, 2.45) is 0 Å². The molecule has 2 N–H and O–H groups in total. The topological polar surface area (TPSA) is 60.5 Å². The van der Waals surface area contributed by atoms with E-state index in [1.54, 1.807) is 12.3 Å². The minimum atomic E-state index is -0.372. The molecule has 0 spiro atoms. The SMILES string of the molecule is O=C(NCc1cnc(Cl)s1)Nc1ccc(F)cc1N1CCN(CC=Cc2ccc(Cl)cc2)CC1. The number of nitrogens with zero attached hydrogens (tertiary/aromatic N) is 3. The van der Waals surface area contributed by atoms with Crippen molar-refractivity contribution in [1.29, 1.82) is 0 Å². The number of anilines is 2. The van der Waals surface area contributed by atoms with Gasteiger partial charge in [-0.15, -0.1) is 11.3 Å². The second-order valence-electron chi connectivity index (χ2n) is 7.79. The number of hydrogen-bond acceptors (Lipinski definition) is 5. The molecule has 10 heteroatoms. The van der Waals surface area contributed by atoms with Gasteiger partial charge in [0.1, 0.15) is 5.82 Å². The van der Waals surface area contributed by atoms with Gasteiger partial charge in [-0.2, -0.15) is 0 Å². The number of hydrogen-bond donors (Lipinski definition) is 2. The monoisotopic (exact) mass is 519 g/mol. The fourth-order valence-corrected chi connectivity index (χ4v) is 4.70. The predicted molar refractivity (Wildman–Crippen MR) is 139 cm³/mol. The highest BCUT2D eigenvalue weighted by atomic mass is 35.5. The van der Waals surface area contributed by atoms with Crippen LogP contribution in [0.3, 0.4) is 0 Å². The first-order valence-electron chi connectivity index (χ1n) is 10.8. The van der Waals surface area contributed by atoms with E-state index in [-0.39, 0.29) is 11.8 Å². The zero-order valence-corrected chi connectivity index (χ0v) is 20.6. The lowest BCUT2D eigenvalue weighted by Crippen LogP contribution is -2.46. The summed E-state index contributed by atoms with van der Waals surface area (Å²) in [7, 11) is 0. The van der Waals surface area contributed by atoms with Crippen LogP contribution < -0.4 is 15.5 Å². The summed E-state index contributed by atoms with van der Waals surface area (Å²) in [5.41, 5.74) is 2.35. The van der Waals surface area contributed by atoms with Gasteiger partial charge in [-0.25, -0.2) is 14.2 Å². The first-order valence-corrected chi connectivity index (χ1v) is 12.4. The van der Waals surface area contributed by atoms with E-state index in [1.165, 1.54) is 23.5 Å². The lowest BCUT2D eigenvalue weighted by Gasteiger charge is -2.36. The van der Waals surface area contributed by atoms with Gasteiger partial charge in [0.2, 0.25) is 0 Å². The van der Waals surface area contributed by atoms with Gasteiger partial charge < -0.3 is 15.5 Å². The molecule has 1 saturated heterocycles. The number of amides is 2. The van der Waals surface area contributed by atoms with Gasteiger partial charge in [-0.1, -0.05) is 47.5 Å². The Bertz CT molecular complexity index is 1150. The van der Waals surface area contributed by atoms with Gasteiger partial charge in [-0.05, 0) is 35.9 Å². The van der Waals surface area contributed by atoms with Crippen LogP contribution in [0.5, 0.6) is 0 Å². The van der Waals surface area contributed by atoms with Crippen molar-refractivity contribution in [3.63, 3.8) is 0 Å². The number of halogens is 3. The number of piperazine rings is 1. The fraction of sp³-hybridized carbons (Fsp3) is 0.250. The van der Waals surface area contributed by atoms with Gasteiger partial charge in [0, 0.05) is 48.8 Å². The Morgan fingerprint density at radius 1 is 1.12 bits per heavy atom. The quantitative estimate of drug-likeness (QED) is 0.417. The van der Waals surface area contributed by atoms with Gasteiger partial charge in [0.25, 0.3) is 0 Å². The molecule has 1 fully saturated rings. The largest absolute Gasteiger partial charge is 0.367 e. The van der Waals surface area contributed by atoms with E-state index >= 15 is 0 Å². The van der Waals surface area contributed by atoms with Crippen molar-refractivity contribution in [2.45, 2.75) is 6.54 Å². The van der Waals surface area contributed by atoms with E-state index in [2.05, 4.69) is 37.6 Å². The van der Waals surface area contributed by atoms with E-state index in [1.807, 2.05) is 24.3 Å². The summed E-state index contributed by atoms with van der Waals surface area (Å²) in [6, 6.07) is 11.8. The number of carbonyl (C=O) groups is 1. The van der Waals surface area contributed by atoms with Crippen molar-refractivity contribution in [3.05, 3.63) is 80.5 Å². The number of carbonyl (C=O) groups excluding carboxylic acids is 1. The zero-order valence-electron chi connectivity index (χ0n) is 18.3. The third-order valence-electron chi connectivity index (χ3n) is 5.41. The lowest BCUT2D eigenvalue weighted by atomic mass is 10.2. The Labute approximate surface area is 212 Å². The Hall–Kier alpha value is -2.65. The molecule has 0 atom stereocenters. The van der Waals surface area contributed by atoms with Crippen LogP contribution >= 0.6 is 34.5 Å². The zero-order chi connectivity index (χ0) is 23.9. The highest BCUT2D eigenvalue weighted by molar-refractivity contribution is 7.15. The molecule has 0 unspecified atom stereocenters. The number of rotatable bonds is 7. The molecule has 0 aliphatic carbocycles. The molecule has 0 saturated carbocycles. The first kappa shape index (κ1) is 24.5. The van der Waals surface area contributed by atoms with Crippen LogP contribution in [-0.4, -0.2) is 48.6 Å². The summed E-state index contributed by atoms with van der Waals surface area (Å²) in [6.45, 7) is 4.27. The molecular formula is C24H24Cl2FN5OS. The van der Waals surface area contributed by atoms with Crippen LogP contribution in [0, 0.1) is 5.82 Å².